The minimum Gasteiger partial charge on any atom is -0.352 e. The molecule has 0 aliphatic rings. The van der Waals surface area contributed by atoms with E-state index in [0.29, 0.717) is 17.7 Å². The Morgan fingerprint density at radius 3 is 2.59 bits per heavy atom. The number of carbonyl (C=O) groups excluding carboxylic acids is 1. The molecule has 0 aliphatic heterocycles. The monoisotopic (exact) mass is 384 g/mol. The molecule has 1 N–H and O–H groups in total. The summed E-state index contributed by atoms with van der Waals surface area (Å²) in [6.07, 6.45) is 6.52. The molecule has 3 rings (SSSR count). The van der Waals surface area contributed by atoms with Crippen LogP contribution in [0, 0.1) is 0 Å². The third-order valence-corrected chi connectivity index (χ3v) is 4.92. The van der Waals surface area contributed by atoms with Crippen molar-refractivity contribution < 1.29 is 13.2 Å². The van der Waals surface area contributed by atoms with Gasteiger partial charge >= 0.3 is 0 Å². The van der Waals surface area contributed by atoms with Gasteiger partial charge in [-0.2, -0.15) is 5.10 Å². The summed E-state index contributed by atoms with van der Waals surface area (Å²) in [5.41, 5.74) is 2.49. The smallest absolute Gasteiger partial charge is 0.255 e. The van der Waals surface area contributed by atoms with Gasteiger partial charge in [0.05, 0.1) is 17.0 Å². The number of para-hydroxylation sites is 1. The molecule has 0 saturated carbocycles. The third kappa shape index (κ3) is 5.01. The Hall–Kier alpha value is -3.00. The van der Waals surface area contributed by atoms with E-state index in [9.17, 15) is 13.2 Å². The van der Waals surface area contributed by atoms with Gasteiger partial charge in [0.25, 0.3) is 5.91 Å². The maximum Gasteiger partial charge on any atom is 0.255 e. The van der Waals surface area contributed by atoms with E-state index in [-0.39, 0.29) is 18.2 Å². The number of carbonyl (C=O) groups is 1. The first-order chi connectivity index (χ1) is 12.9. The fraction of sp³-hybridized carbons (Fsp3) is 0.211. The SMILES string of the molecule is CS(=O)(=O)CCCNC(=O)c1cn(-c2ccccc2)nc1-c1cccnc1. The highest BCUT2D eigenvalue weighted by atomic mass is 32.2. The van der Waals surface area contributed by atoms with Crippen molar-refractivity contribution >= 4 is 15.7 Å². The number of amides is 1. The zero-order chi connectivity index (χ0) is 19.3. The zero-order valence-corrected chi connectivity index (χ0v) is 15.7. The van der Waals surface area contributed by atoms with Crippen molar-refractivity contribution in [2.75, 3.05) is 18.6 Å². The van der Waals surface area contributed by atoms with Crippen LogP contribution in [0.3, 0.4) is 0 Å². The summed E-state index contributed by atoms with van der Waals surface area (Å²) in [4.78, 5) is 16.8. The molecule has 1 amide bonds. The Labute approximate surface area is 158 Å². The fourth-order valence-corrected chi connectivity index (χ4v) is 3.27. The molecular formula is C19H20N4O3S. The van der Waals surface area contributed by atoms with Gasteiger partial charge in [-0.25, -0.2) is 13.1 Å². The molecule has 140 valence electrons. The molecule has 27 heavy (non-hydrogen) atoms. The van der Waals surface area contributed by atoms with Crippen molar-refractivity contribution in [1.29, 1.82) is 0 Å². The van der Waals surface area contributed by atoms with Crippen LogP contribution in [0.25, 0.3) is 16.9 Å². The molecule has 7 nitrogen and oxygen atoms in total. The number of rotatable bonds is 7. The summed E-state index contributed by atoms with van der Waals surface area (Å²) in [5.74, 6) is -0.268. The molecule has 0 saturated heterocycles. The second-order valence-corrected chi connectivity index (χ2v) is 8.41. The van der Waals surface area contributed by atoms with Crippen LogP contribution >= 0.6 is 0 Å². The quantitative estimate of drug-likeness (QED) is 0.630. The molecule has 0 unspecified atom stereocenters. The maximum absolute atomic E-state index is 12.7. The first-order valence-electron chi connectivity index (χ1n) is 8.45. The van der Waals surface area contributed by atoms with Crippen LogP contribution in [0.2, 0.25) is 0 Å². The van der Waals surface area contributed by atoms with Crippen LogP contribution in [0.5, 0.6) is 0 Å². The van der Waals surface area contributed by atoms with Crippen molar-refractivity contribution in [3.8, 4) is 16.9 Å². The average Bonchev–Trinajstić information content (AvgIpc) is 3.11. The highest BCUT2D eigenvalue weighted by molar-refractivity contribution is 7.90. The van der Waals surface area contributed by atoms with Gasteiger partial charge < -0.3 is 5.32 Å². The highest BCUT2D eigenvalue weighted by Gasteiger charge is 2.18. The molecule has 0 spiro atoms. The van der Waals surface area contributed by atoms with E-state index >= 15 is 0 Å². The highest BCUT2D eigenvalue weighted by Crippen LogP contribution is 2.23. The first-order valence-corrected chi connectivity index (χ1v) is 10.5. The minimum atomic E-state index is -3.05. The van der Waals surface area contributed by atoms with Gasteiger partial charge in [-0.3, -0.25) is 9.78 Å². The van der Waals surface area contributed by atoms with Gasteiger partial charge in [0.1, 0.15) is 15.5 Å². The number of benzene rings is 1. The number of nitrogens with zero attached hydrogens (tertiary/aromatic N) is 3. The van der Waals surface area contributed by atoms with E-state index in [2.05, 4.69) is 15.4 Å². The first kappa shape index (κ1) is 18.8. The molecule has 0 radical (unpaired) electrons. The minimum absolute atomic E-state index is 0.0337. The van der Waals surface area contributed by atoms with E-state index in [1.807, 2.05) is 36.4 Å². The number of pyridine rings is 1. The molecule has 0 fully saturated rings. The van der Waals surface area contributed by atoms with E-state index in [1.165, 1.54) is 6.26 Å². The largest absolute Gasteiger partial charge is 0.352 e. The zero-order valence-electron chi connectivity index (χ0n) is 14.9. The molecule has 2 aromatic heterocycles. The van der Waals surface area contributed by atoms with Crippen LogP contribution < -0.4 is 5.32 Å². The van der Waals surface area contributed by atoms with Crippen molar-refractivity contribution in [3.05, 3.63) is 66.6 Å². The molecule has 0 atom stereocenters. The van der Waals surface area contributed by atoms with Crippen molar-refractivity contribution in [1.82, 2.24) is 20.1 Å². The van der Waals surface area contributed by atoms with Crippen LogP contribution in [0.1, 0.15) is 16.8 Å². The summed E-state index contributed by atoms with van der Waals surface area (Å²) in [6.45, 7) is 0.273. The van der Waals surface area contributed by atoms with Crippen LogP contribution in [0.4, 0.5) is 0 Å². The number of aromatic nitrogens is 3. The number of sulfone groups is 1. The average molecular weight is 384 g/mol. The second-order valence-electron chi connectivity index (χ2n) is 6.15. The normalized spacial score (nSPS) is 11.3. The number of nitrogens with one attached hydrogen (secondary N) is 1. The van der Waals surface area contributed by atoms with Crippen LogP contribution in [-0.4, -0.2) is 47.6 Å². The Kier molecular flexibility index (Phi) is 5.66. The van der Waals surface area contributed by atoms with Gasteiger partial charge in [-0.15, -0.1) is 0 Å². The van der Waals surface area contributed by atoms with Gasteiger partial charge in [-0.1, -0.05) is 18.2 Å². The Morgan fingerprint density at radius 2 is 1.93 bits per heavy atom. The fourth-order valence-electron chi connectivity index (χ4n) is 2.60. The number of hydrogen-bond acceptors (Lipinski definition) is 5. The molecular weight excluding hydrogens is 364 g/mol. The van der Waals surface area contributed by atoms with E-state index in [4.69, 9.17) is 0 Å². The Morgan fingerprint density at radius 1 is 1.15 bits per heavy atom. The van der Waals surface area contributed by atoms with Crippen molar-refractivity contribution in [2.24, 2.45) is 0 Å². The Bertz CT molecular complexity index is 1020. The van der Waals surface area contributed by atoms with Crippen molar-refractivity contribution in [3.63, 3.8) is 0 Å². The lowest BCUT2D eigenvalue weighted by molar-refractivity contribution is 0.0954. The lowest BCUT2D eigenvalue weighted by atomic mass is 10.1. The van der Waals surface area contributed by atoms with Gasteiger partial charge in [0.2, 0.25) is 0 Å². The summed E-state index contributed by atoms with van der Waals surface area (Å²) in [7, 11) is -3.05. The molecule has 3 aromatic rings. The second kappa shape index (κ2) is 8.13. The maximum atomic E-state index is 12.7. The summed E-state index contributed by atoms with van der Waals surface area (Å²) < 4.78 is 24.1. The summed E-state index contributed by atoms with van der Waals surface area (Å²) >= 11 is 0. The van der Waals surface area contributed by atoms with Gasteiger partial charge in [-0.05, 0) is 30.7 Å². The third-order valence-electron chi connectivity index (χ3n) is 3.89. The van der Waals surface area contributed by atoms with Crippen LogP contribution in [-0.2, 0) is 9.84 Å². The molecule has 0 bridgehead atoms. The number of hydrogen-bond donors (Lipinski definition) is 1. The molecule has 1 aromatic carbocycles. The van der Waals surface area contributed by atoms with E-state index in [1.54, 1.807) is 29.3 Å². The van der Waals surface area contributed by atoms with Crippen LogP contribution in [0.15, 0.2) is 61.1 Å². The van der Waals surface area contributed by atoms with Gasteiger partial charge in [0.15, 0.2) is 0 Å². The summed E-state index contributed by atoms with van der Waals surface area (Å²) in [6, 6.07) is 13.1. The predicted octanol–water partition coefficient (Wildman–Crippen LogP) is 2.10. The predicted molar refractivity (Wildman–Crippen MR) is 103 cm³/mol. The molecule has 0 aliphatic carbocycles. The lowest BCUT2D eigenvalue weighted by Crippen LogP contribution is -2.26. The Balaban J connectivity index is 1.86. The molecule has 2 heterocycles. The van der Waals surface area contributed by atoms with E-state index in [0.717, 1.165) is 11.3 Å². The van der Waals surface area contributed by atoms with Crippen molar-refractivity contribution in [2.45, 2.75) is 6.42 Å². The molecule has 8 heteroatoms. The standard InChI is InChI=1S/C19H20N4O3S/c1-27(25,26)12-6-11-21-19(24)17-14-23(16-8-3-2-4-9-16)22-18(17)15-7-5-10-20-13-15/h2-5,7-10,13-14H,6,11-12H2,1H3,(H,21,24). The lowest BCUT2D eigenvalue weighted by Gasteiger charge is -2.05. The van der Waals surface area contributed by atoms with E-state index < -0.39 is 9.84 Å². The van der Waals surface area contributed by atoms with Gasteiger partial charge in [0, 0.05) is 37.0 Å². The topological polar surface area (TPSA) is 94.0 Å². The summed E-state index contributed by atoms with van der Waals surface area (Å²) in [5, 5.41) is 7.33.